The van der Waals surface area contributed by atoms with Crippen LogP contribution in [0.15, 0.2) is 23.2 Å². The Bertz CT molecular complexity index is 574. The number of hydrogen-bond donors (Lipinski definition) is 3. The maximum atomic E-state index is 13.4. The number of halogens is 2. The highest BCUT2D eigenvalue weighted by Gasteiger charge is 2.37. The van der Waals surface area contributed by atoms with Gasteiger partial charge in [-0.2, -0.15) is 0 Å². The highest BCUT2D eigenvalue weighted by atomic mass is 127. The number of nitrogens with zero attached hydrogens (tertiary/aromatic N) is 1. The van der Waals surface area contributed by atoms with Gasteiger partial charge in [-0.3, -0.25) is 4.99 Å². The van der Waals surface area contributed by atoms with E-state index in [9.17, 15) is 4.39 Å². The Hall–Kier alpha value is -0.890. The van der Waals surface area contributed by atoms with Gasteiger partial charge in [0.05, 0.1) is 6.61 Å². The van der Waals surface area contributed by atoms with E-state index < -0.39 is 0 Å². The van der Waals surface area contributed by atoms with Crippen LogP contribution < -0.4 is 10.6 Å². The normalized spacial score (nSPS) is 16.2. The molecule has 0 bridgehead atoms. The molecule has 0 unspecified atom stereocenters. The van der Waals surface area contributed by atoms with Crippen molar-refractivity contribution in [3.63, 3.8) is 0 Å². The van der Waals surface area contributed by atoms with E-state index in [1.807, 2.05) is 0 Å². The highest BCUT2D eigenvalue weighted by molar-refractivity contribution is 14.0. The van der Waals surface area contributed by atoms with E-state index in [2.05, 4.69) is 29.5 Å². The first kappa shape index (κ1) is 22.2. The number of aliphatic hydroxyl groups excluding tert-OH is 1. The van der Waals surface area contributed by atoms with E-state index in [1.54, 1.807) is 19.2 Å². The quantitative estimate of drug-likeness (QED) is 0.328. The molecule has 0 radical (unpaired) electrons. The third kappa shape index (κ3) is 6.40. The Morgan fingerprint density at radius 1 is 1.32 bits per heavy atom. The minimum absolute atomic E-state index is 0. The third-order valence-electron chi connectivity index (χ3n) is 4.85. The van der Waals surface area contributed by atoms with Crippen LogP contribution in [0.4, 0.5) is 4.39 Å². The first-order valence-corrected chi connectivity index (χ1v) is 8.81. The van der Waals surface area contributed by atoms with E-state index in [0.717, 1.165) is 18.1 Å². The van der Waals surface area contributed by atoms with Crippen molar-refractivity contribution < 1.29 is 9.50 Å². The lowest BCUT2D eigenvalue weighted by Gasteiger charge is -2.43. The maximum Gasteiger partial charge on any atom is 0.191 e. The summed E-state index contributed by atoms with van der Waals surface area (Å²) in [7, 11) is 1.76. The van der Waals surface area contributed by atoms with Gasteiger partial charge in [-0.15, -0.1) is 24.0 Å². The van der Waals surface area contributed by atoms with Crippen LogP contribution in [-0.2, 0) is 13.2 Å². The number of rotatable bonds is 7. The maximum absolute atomic E-state index is 13.4. The van der Waals surface area contributed by atoms with Gasteiger partial charge in [-0.25, -0.2) is 4.39 Å². The molecule has 25 heavy (non-hydrogen) atoms. The van der Waals surface area contributed by atoms with Gasteiger partial charge >= 0.3 is 0 Å². The molecule has 2 rings (SSSR count). The molecule has 1 saturated carbocycles. The summed E-state index contributed by atoms with van der Waals surface area (Å²) in [5.74, 6) is 1.10. The molecule has 0 atom stereocenters. The molecule has 1 aromatic rings. The molecule has 142 valence electrons. The summed E-state index contributed by atoms with van der Waals surface area (Å²) < 4.78 is 13.4. The second-order valence-electron chi connectivity index (χ2n) is 7.31. The van der Waals surface area contributed by atoms with Crippen LogP contribution in [-0.4, -0.2) is 24.7 Å². The Balaban J connectivity index is 0.00000312. The second kappa shape index (κ2) is 10.3. The van der Waals surface area contributed by atoms with Crippen molar-refractivity contribution in [2.75, 3.05) is 13.6 Å². The minimum Gasteiger partial charge on any atom is -0.392 e. The van der Waals surface area contributed by atoms with Crippen LogP contribution in [0.1, 0.15) is 50.7 Å². The summed E-state index contributed by atoms with van der Waals surface area (Å²) >= 11 is 0. The van der Waals surface area contributed by atoms with E-state index in [-0.39, 0.29) is 36.4 Å². The summed E-state index contributed by atoms with van der Waals surface area (Å²) in [4.78, 5) is 4.27. The lowest BCUT2D eigenvalue weighted by atomic mass is 9.64. The smallest absolute Gasteiger partial charge is 0.191 e. The number of nitrogens with one attached hydrogen (secondary N) is 2. The van der Waals surface area contributed by atoms with Gasteiger partial charge in [0.2, 0.25) is 0 Å². The lowest BCUT2D eigenvalue weighted by Crippen LogP contribution is -2.46. The number of aliphatic imine (C=N–C) groups is 1. The van der Waals surface area contributed by atoms with Gasteiger partial charge in [-0.1, -0.05) is 26.3 Å². The second-order valence-corrected chi connectivity index (χ2v) is 7.31. The van der Waals surface area contributed by atoms with E-state index >= 15 is 0 Å². The van der Waals surface area contributed by atoms with Crippen molar-refractivity contribution in [3.05, 3.63) is 35.1 Å². The predicted molar refractivity (Wildman–Crippen MR) is 112 cm³/mol. The number of hydrogen-bond acceptors (Lipinski definition) is 2. The molecule has 0 spiro atoms. The molecule has 0 saturated heterocycles. The summed E-state index contributed by atoms with van der Waals surface area (Å²) in [6, 6.07) is 4.80. The molecule has 0 aromatic heterocycles. The zero-order valence-corrected chi connectivity index (χ0v) is 17.8. The van der Waals surface area contributed by atoms with Crippen molar-refractivity contribution >= 4 is 29.9 Å². The van der Waals surface area contributed by atoms with Crippen LogP contribution in [0.3, 0.4) is 0 Å². The molecule has 3 N–H and O–H groups in total. The molecule has 1 aromatic carbocycles. The Kier molecular flexibility index (Phi) is 9.13. The number of benzene rings is 1. The van der Waals surface area contributed by atoms with Crippen molar-refractivity contribution in [1.82, 2.24) is 10.6 Å². The fourth-order valence-electron chi connectivity index (χ4n) is 3.53. The predicted octanol–water partition coefficient (Wildman–Crippen LogP) is 3.82. The topological polar surface area (TPSA) is 56.7 Å². The van der Waals surface area contributed by atoms with Gasteiger partial charge in [0.1, 0.15) is 5.82 Å². The number of aliphatic hydroxyl groups is 1. The molecule has 6 heteroatoms. The monoisotopic (exact) mass is 463 g/mol. The van der Waals surface area contributed by atoms with Crippen molar-refractivity contribution in [2.45, 2.75) is 52.7 Å². The zero-order valence-electron chi connectivity index (χ0n) is 15.4. The molecule has 0 heterocycles. The standard InChI is InChI=1S/C19H30FN3O.HI/c1-14(2)10-19(7-4-8-19)13-23-18(21-3)22-11-15-5-6-17(20)16(9-15)12-24;/h5-6,9,14,24H,4,7-8,10-13H2,1-3H3,(H2,21,22,23);1H. The average Bonchev–Trinajstić information content (AvgIpc) is 2.53. The van der Waals surface area contributed by atoms with Gasteiger partial charge < -0.3 is 15.7 Å². The van der Waals surface area contributed by atoms with Gasteiger partial charge in [0, 0.05) is 25.7 Å². The molecule has 1 aliphatic carbocycles. The molecular weight excluding hydrogens is 432 g/mol. The van der Waals surface area contributed by atoms with Crippen LogP contribution in [0.25, 0.3) is 0 Å². The zero-order chi connectivity index (χ0) is 17.6. The summed E-state index contributed by atoms with van der Waals surface area (Å²) in [5, 5.41) is 15.9. The van der Waals surface area contributed by atoms with Crippen LogP contribution in [0.5, 0.6) is 0 Å². The molecular formula is C19H31FIN3O. The first-order valence-electron chi connectivity index (χ1n) is 8.81. The largest absolute Gasteiger partial charge is 0.392 e. The Morgan fingerprint density at radius 2 is 2.04 bits per heavy atom. The molecule has 4 nitrogen and oxygen atoms in total. The van der Waals surface area contributed by atoms with E-state index in [1.165, 1.54) is 31.7 Å². The minimum atomic E-state index is -0.371. The average molecular weight is 463 g/mol. The van der Waals surface area contributed by atoms with E-state index in [4.69, 9.17) is 5.11 Å². The summed E-state index contributed by atoms with van der Waals surface area (Å²) in [5.41, 5.74) is 1.65. The van der Waals surface area contributed by atoms with E-state index in [0.29, 0.717) is 23.4 Å². The highest BCUT2D eigenvalue weighted by Crippen LogP contribution is 2.45. The molecule has 0 amide bonds. The lowest BCUT2D eigenvalue weighted by molar-refractivity contribution is 0.104. The molecule has 1 fully saturated rings. The summed E-state index contributed by atoms with van der Waals surface area (Å²) in [6.07, 6.45) is 5.13. The fourth-order valence-corrected chi connectivity index (χ4v) is 3.53. The number of guanidine groups is 1. The van der Waals surface area contributed by atoms with Crippen molar-refractivity contribution in [1.29, 1.82) is 0 Å². The van der Waals surface area contributed by atoms with Crippen molar-refractivity contribution in [3.8, 4) is 0 Å². The third-order valence-corrected chi connectivity index (χ3v) is 4.85. The molecule has 1 aliphatic rings. The van der Waals surface area contributed by atoms with Crippen LogP contribution in [0, 0.1) is 17.2 Å². The molecule has 0 aliphatic heterocycles. The summed E-state index contributed by atoms with van der Waals surface area (Å²) in [6.45, 7) is 5.76. The Morgan fingerprint density at radius 3 is 2.56 bits per heavy atom. The fraction of sp³-hybridized carbons (Fsp3) is 0.632. The van der Waals surface area contributed by atoms with Crippen LogP contribution in [0.2, 0.25) is 0 Å². The Labute approximate surface area is 167 Å². The SMILES string of the molecule is CN=C(NCc1ccc(F)c(CO)c1)NCC1(CC(C)C)CCC1.I. The first-order chi connectivity index (χ1) is 11.5. The van der Waals surface area contributed by atoms with Crippen molar-refractivity contribution in [2.24, 2.45) is 16.3 Å². The van der Waals surface area contributed by atoms with Crippen LogP contribution >= 0.6 is 24.0 Å². The van der Waals surface area contributed by atoms with Gasteiger partial charge in [0.15, 0.2) is 5.96 Å². The van der Waals surface area contributed by atoms with Gasteiger partial charge in [-0.05, 0) is 48.3 Å². The van der Waals surface area contributed by atoms with Gasteiger partial charge in [0.25, 0.3) is 0 Å².